The number of pyridine rings is 1. The van der Waals surface area contributed by atoms with Crippen LogP contribution in [0.1, 0.15) is 23.3 Å². The first-order valence-corrected chi connectivity index (χ1v) is 5.26. The topological polar surface area (TPSA) is 74.4 Å². The van der Waals surface area contributed by atoms with Gasteiger partial charge in [-0.1, -0.05) is 0 Å². The highest BCUT2D eigenvalue weighted by Crippen LogP contribution is 2.12. The highest BCUT2D eigenvalue weighted by molar-refractivity contribution is 5.87. The SMILES string of the molecule is Nc1ccc(C(=O)OCC2CCCO2)nc1. The summed E-state index contributed by atoms with van der Waals surface area (Å²) in [5.41, 5.74) is 6.26. The summed E-state index contributed by atoms with van der Waals surface area (Å²) < 4.78 is 10.4. The molecular weight excluding hydrogens is 208 g/mol. The van der Waals surface area contributed by atoms with Crippen LogP contribution in [0, 0.1) is 0 Å². The molecule has 0 bridgehead atoms. The van der Waals surface area contributed by atoms with Crippen LogP contribution < -0.4 is 5.73 Å². The van der Waals surface area contributed by atoms with Gasteiger partial charge in [0.05, 0.1) is 18.0 Å². The van der Waals surface area contributed by atoms with Crippen molar-refractivity contribution in [3.8, 4) is 0 Å². The number of aromatic nitrogens is 1. The van der Waals surface area contributed by atoms with E-state index in [1.807, 2.05) is 0 Å². The van der Waals surface area contributed by atoms with Gasteiger partial charge >= 0.3 is 5.97 Å². The Morgan fingerprint density at radius 1 is 1.62 bits per heavy atom. The molecule has 0 amide bonds. The molecule has 1 aromatic heterocycles. The van der Waals surface area contributed by atoms with Crippen molar-refractivity contribution in [2.24, 2.45) is 0 Å². The molecule has 0 radical (unpaired) electrons. The van der Waals surface area contributed by atoms with E-state index in [1.165, 1.54) is 6.20 Å². The summed E-state index contributed by atoms with van der Waals surface area (Å²) in [4.78, 5) is 15.4. The van der Waals surface area contributed by atoms with Crippen LogP contribution in [-0.2, 0) is 9.47 Å². The molecule has 5 nitrogen and oxygen atoms in total. The Labute approximate surface area is 93.6 Å². The fraction of sp³-hybridized carbons (Fsp3) is 0.455. The minimum atomic E-state index is -0.435. The standard InChI is InChI=1S/C11H14N2O3/c12-8-3-4-10(13-6-8)11(14)16-7-9-2-1-5-15-9/h3-4,6,9H,1-2,5,7,12H2. The first-order valence-electron chi connectivity index (χ1n) is 5.26. The second-order valence-electron chi connectivity index (χ2n) is 3.71. The van der Waals surface area contributed by atoms with Crippen LogP contribution >= 0.6 is 0 Å². The van der Waals surface area contributed by atoms with Crippen molar-refractivity contribution in [1.82, 2.24) is 4.98 Å². The minimum absolute atomic E-state index is 0.0396. The van der Waals surface area contributed by atoms with Crippen molar-refractivity contribution in [1.29, 1.82) is 0 Å². The lowest BCUT2D eigenvalue weighted by Crippen LogP contribution is -2.18. The molecule has 0 saturated carbocycles. The molecule has 1 fully saturated rings. The number of anilines is 1. The largest absolute Gasteiger partial charge is 0.458 e. The number of hydrogen-bond acceptors (Lipinski definition) is 5. The lowest BCUT2D eigenvalue weighted by atomic mass is 10.2. The molecule has 86 valence electrons. The van der Waals surface area contributed by atoms with E-state index in [0.717, 1.165) is 19.4 Å². The predicted octanol–water partition coefficient (Wildman–Crippen LogP) is 1.000. The molecule has 2 rings (SSSR count). The second kappa shape index (κ2) is 4.94. The van der Waals surface area contributed by atoms with E-state index in [0.29, 0.717) is 12.3 Å². The number of rotatable bonds is 3. The molecule has 1 atom stereocenters. The lowest BCUT2D eigenvalue weighted by Gasteiger charge is -2.09. The smallest absolute Gasteiger partial charge is 0.357 e. The normalized spacial score (nSPS) is 19.6. The molecule has 0 aromatic carbocycles. The second-order valence-corrected chi connectivity index (χ2v) is 3.71. The Morgan fingerprint density at radius 3 is 3.12 bits per heavy atom. The summed E-state index contributed by atoms with van der Waals surface area (Å²) in [7, 11) is 0. The summed E-state index contributed by atoms with van der Waals surface area (Å²) in [6, 6.07) is 3.17. The van der Waals surface area contributed by atoms with Gasteiger partial charge in [-0.25, -0.2) is 9.78 Å². The van der Waals surface area contributed by atoms with Crippen molar-refractivity contribution in [2.45, 2.75) is 18.9 Å². The molecule has 2 heterocycles. The number of hydrogen-bond donors (Lipinski definition) is 1. The Hall–Kier alpha value is -1.62. The summed E-state index contributed by atoms with van der Waals surface area (Å²) in [6.45, 7) is 1.05. The van der Waals surface area contributed by atoms with Crippen LogP contribution in [0.4, 0.5) is 5.69 Å². The van der Waals surface area contributed by atoms with Crippen LogP contribution in [0.25, 0.3) is 0 Å². The first kappa shape index (κ1) is 10.9. The minimum Gasteiger partial charge on any atom is -0.458 e. The van der Waals surface area contributed by atoms with Gasteiger partial charge in [0.1, 0.15) is 12.3 Å². The van der Waals surface area contributed by atoms with Gasteiger partial charge < -0.3 is 15.2 Å². The predicted molar refractivity (Wildman–Crippen MR) is 57.9 cm³/mol. The number of carbonyl (C=O) groups excluding carboxylic acids is 1. The number of nitrogens with two attached hydrogens (primary N) is 1. The average molecular weight is 222 g/mol. The highest BCUT2D eigenvalue weighted by atomic mass is 16.6. The molecule has 1 saturated heterocycles. The Bertz CT molecular complexity index is 358. The maximum Gasteiger partial charge on any atom is 0.357 e. The van der Waals surface area contributed by atoms with E-state index in [1.54, 1.807) is 12.1 Å². The Kier molecular flexibility index (Phi) is 3.36. The average Bonchev–Trinajstić information content (AvgIpc) is 2.80. The molecule has 16 heavy (non-hydrogen) atoms. The zero-order valence-electron chi connectivity index (χ0n) is 8.89. The molecule has 1 unspecified atom stereocenters. The molecule has 1 aromatic rings. The maximum absolute atomic E-state index is 11.5. The molecule has 0 spiro atoms. The Morgan fingerprint density at radius 2 is 2.50 bits per heavy atom. The van der Waals surface area contributed by atoms with Gasteiger partial charge in [-0.05, 0) is 25.0 Å². The van der Waals surface area contributed by atoms with Crippen molar-refractivity contribution >= 4 is 11.7 Å². The molecule has 5 heteroatoms. The number of esters is 1. The van der Waals surface area contributed by atoms with E-state index >= 15 is 0 Å². The third kappa shape index (κ3) is 2.70. The van der Waals surface area contributed by atoms with E-state index in [-0.39, 0.29) is 11.8 Å². The van der Waals surface area contributed by atoms with E-state index in [4.69, 9.17) is 15.2 Å². The number of carbonyl (C=O) groups is 1. The van der Waals surface area contributed by atoms with Gasteiger partial charge in [0.2, 0.25) is 0 Å². The lowest BCUT2D eigenvalue weighted by molar-refractivity contribution is 0.0156. The first-order chi connectivity index (χ1) is 7.75. The monoisotopic (exact) mass is 222 g/mol. The summed E-state index contributed by atoms with van der Waals surface area (Å²) in [6.07, 6.45) is 3.45. The zero-order valence-corrected chi connectivity index (χ0v) is 8.89. The van der Waals surface area contributed by atoms with Gasteiger partial charge in [-0.2, -0.15) is 0 Å². The third-order valence-corrected chi connectivity index (χ3v) is 2.42. The maximum atomic E-state index is 11.5. The van der Waals surface area contributed by atoms with Crippen molar-refractivity contribution in [3.05, 3.63) is 24.0 Å². The van der Waals surface area contributed by atoms with Gasteiger partial charge in [0, 0.05) is 6.61 Å². The van der Waals surface area contributed by atoms with Gasteiger partial charge in [-0.3, -0.25) is 0 Å². The quantitative estimate of drug-likeness (QED) is 0.772. The number of nitrogens with zero attached hydrogens (tertiary/aromatic N) is 1. The molecular formula is C11H14N2O3. The van der Waals surface area contributed by atoms with Crippen molar-refractivity contribution < 1.29 is 14.3 Å². The number of ether oxygens (including phenoxy) is 2. The molecule has 0 aliphatic carbocycles. The zero-order chi connectivity index (χ0) is 11.4. The van der Waals surface area contributed by atoms with Crippen LogP contribution in [0.5, 0.6) is 0 Å². The molecule has 1 aliphatic heterocycles. The number of nitrogen functional groups attached to an aromatic ring is 1. The van der Waals surface area contributed by atoms with Crippen molar-refractivity contribution in [3.63, 3.8) is 0 Å². The van der Waals surface area contributed by atoms with Gasteiger partial charge in [-0.15, -0.1) is 0 Å². The summed E-state index contributed by atoms with van der Waals surface area (Å²) in [5, 5.41) is 0. The van der Waals surface area contributed by atoms with E-state index < -0.39 is 5.97 Å². The van der Waals surface area contributed by atoms with Crippen LogP contribution in [-0.4, -0.2) is 30.3 Å². The third-order valence-electron chi connectivity index (χ3n) is 2.42. The van der Waals surface area contributed by atoms with Crippen molar-refractivity contribution in [2.75, 3.05) is 18.9 Å². The van der Waals surface area contributed by atoms with Crippen LogP contribution in [0.15, 0.2) is 18.3 Å². The van der Waals surface area contributed by atoms with Gasteiger partial charge in [0.15, 0.2) is 0 Å². The Balaban J connectivity index is 1.85. The summed E-state index contributed by atoms with van der Waals surface area (Å²) >= 11 is 0. The van der Waals surface area contributed by atoms with Crippen LogP contribution in [0.2, 0.25) is 0 Å². The highest BCUT2D eigenvalue weighted by Gasteiger charge is 2.18. The fourth-order valence-corrected chi connectivity index (χ4v) is 1.54. The summed E-state index contributed by atoms with van der Waals surface area (Å²) in [5.74, 6) is -0.435. The van der Waals surface area contributed by atoms with E-state index in [9.17, 15) is 4.79 Å². The van der Waals surface area contributed by atoms with E-state index in [2.05, 4.69) is 4.98 Å². The van der Waals surface area contributed by atoms with Crippen LogP contribution in [0.3, 0.4) is 0 Å². The molecule has 2 N–H and O–H groups in total. The molecule has 1 aliphatic rings. The van der Waals surface area contributed by atoms with Gasteiger partial charge in [0.25, 0.3) is 0 Å². The fourth-order valence-electron chi connectivity index (χ4n) is 1.54.